The summed E-state index contributed by atoms with van der Waals surface area (Å²) in [4.78, 5) is 29.6. The third-order valence-electron chi connectivity index (χ3n) is 2.92. The van der Waals surface area contributed by atoms with Crippen LogP contribution < -0.4 is 0 Å². The molecule has 1 aliphatic rings. The Morgan fingerprint density at radius 2 is 1.81 bits per heavy atom. The number of hydroxylamine groups is 2. The molecule has 1 rings (SSSR count). The van der Waals surface area contributed by atoms with Gasteiger partial charge in [-0.05, 0) is 6.42 Å². The molecule has 0 aliphatic carbocycles. The molecule has 16 heavy (non-hydrogen) atoms. The van der Waals surface area contributed by atoms with Crippen molar-refractivity contribution in [2.75, 3.05) is 26.2 Å². The molecule has 5 heteroatoms. The first-order chi connectivity index (χ1) is 7.54. The van der Waals surface area contributed by atoms with Crippen molar-refractivity contribution in [2.24, 2.45) is 5.92 Å². The first-order valence-corrected chi connectivity index (χ1v) is 5.76. The summed E-state index contributed by atoms with van der Waals surface area (Å²) in [6.45, 7) is 7.82. The zero-order chi connectivity index (χ0) is 12.1. The van der Waals surface area contributed by atoms with Gasteiger partial charge < -0.3 is 9.74 Å². The average molecular weight is 228 g/mol. The van der Waals surface area contributed by atoms with Gasteiger partial charge in [0.05, 0.1) is 19.0 Å². The SMILES string of the molecule is CCC(C)C(=O)ON1CCN(C(C)=O)CC1. The highest BCUT2D eigenvalue weighted by Gasteiger charge is 2.23. The molecule has 0 saturated carbocycles. The van der Waals surface area contributed by atoms with E-state index < -0.39 is 0 Å². The van der Waals surface area contributed by atoms with E-state index in [9.17, 15) is 9.59 Å². The summed E-state index contributed by atoms with van der Waals surface area (Å²) in [5.74, 6) is -0.169. The van der Waals surface area contributed by atoms with E-state index in [1.54, 1.807) is 16.9 Å². The van der Waals surface area contributed by atoms with Crippen molar-refractivity contribution >= 4 is 11.9 Å². The Morgan fingerprint density at radius 1 is 1.25 bits per heavy atom. The van der Waals surface area contributed by atoms with Gasteiger partial charge >= 0.3 is 5.97 Å². The molecule has 0 aromatic heterocycles. The number of carbonyl (C=O) groups excluding carboxylic acids is 2. The van der Waals surface area contributed by atoms with Crippen molar-refractivity contribution in [3.8, 4) is 0 Å². The lowest BCUT2D eigenvalue weighted by atomic mass is 10.1. The third-order valence-corrected chi connectivity index (χ3v) is 2.92. The Bertz CT molecular complexity index is 260. The minimum Gasteiger partial charge on any atom is -0.368 e. The summed E-state index contributed by atoms with van der Waals surface area (Å²) < 4.78 is 0. The quantitative estimate of drug-likeness (QED) is 0.712. The fourth-order valence-electron chi connectivity index (χ4n) is 1.48. The molecule has 5 nitrogen and oxygen atoms in total. The van der Waals surface area contributed by atoms with Crippen LogP contribution >= 0.6 is 0 Å². The molecule has 0 aromatic carbocycles. The maximum Gasteiger partial charge on any atom is 0.327 e. The zero-order valence-electron chi connectivity index (χ0n) is 10.2. The maximum absolute atomic E-state index is 11.5. The van der Waals surface area contributed by atoms with Crippen molar-refractivity contribution in [1.82, 2.24) is 9.96 Å². The molecular formula is C11H20N2O3. The van der Waals surface area contributed by atoms with Crippen LogP contribution in [0.25, 0.3) is 0 Å². The van der Waals surface area contributed by atoms with Crippen LogP contribution in [0.5, 0.6) is 0 Å². The number of carbonyl (C=O) groups is 2. The number of hydrogen-bond donors (Lipinski definition) is 0. The Balaban J connectivity index is 2.32. The normalized spacial score (nSPS) is 19.3. The van der Waals surface area contributed by atoms with Crippen molar-refractivity contribution in [3.05, 3.63) is 0 Å². The van der Waals surface area contributed by atoms with E-state index in [-0.39, 0.29) is 17.8 Å². The summed E-state index contributed by atoms with van der Waals surface area (Å²) >= 11 is 0. The summed E-state index contributed by atoms with van der Waals surface area (Å²) in [5, 5.41) is 1.65. The smallest absolute Gasteiger partial charge is 0.327 e. The van der Waals surface area contributed by atoms with Crippen LogP contribution in [0.2, 0.25) is 0 Å². The lowest BCUT2D eigenvalue weighted by Crippen LogP contribution is -2.48. The monoisotopic (exact) mass is 228 g/mol. The second kappa shape index (κ2) is 5.84. The molecule has 0 spiro atoms. The lowest BCUT2D eigenvalue weighted by Gasteiger charge is -2.33. The summed E-state index contributed by atoms with van der Waals surface area (Å²) in [6.07, 6.45) is 0.784. The lowest BCUT2D eigenvalue weighted by molar-refractivity contribution is -0.202. The predicted octanol–water partition coefficient (Wildman–Crippen LogP) is 0.655. The summed E-state index contributed by atoms with van der Waals surface area (Å²) in [5.41, 5.74) is 0. The van der Waals surface area contributed by atoms with Gasteiger partial charge in [-0.25, -0.2) is 0 Å². The van der Waals surface area contributed by atoms with Gasteiger partial charge in [-0.1, -0.05) is 13.8 Å². The van der Waals surface area contributed by atoms with Gasteiger partial charge in [0.25, 0.3) is 0 Å². The van der Waals surface area contributed by atoms with Crippen LogP contribution in [-0.2, 0) is 14.4 Å². The molecule has 1 saturated heterocycles. The second-order valence-electron chi connectivity index (χ2n) is 4.15. The second-order valence-corrected chi connectivity index (χ2v) is 4.15. The third kappa shape index (κ3) is 3.48. The molecule has 92 valence electrons. The minimum atomic E-state index is -0.182. The van der Waals surface area contributed by atoms with E-state index >= 15 is 0 Å². The van der Waals surface area contributed by atoms with E-state index in [2.05, 4.69) is 0 Å². The number of piperazine rings is 1. The van der Waals surface area contributed by atoms with Crippen molar-refractivity contribution in [1.29, 1.82) is 0 Å². The summed E-state index contributed by atoms with van der Waals surface area (Å²) in [6, 6.07) is 0. The molecule has 1 atom stereocenters. The number of amides is 1. The Kier molecular flexibility index (Phi) is 4.73. The molecule has 0 N–H and O–H groups in total. The molecule has 1 unspecified atom stereocenters. The molecule has 1 amide bonds. The van der Waals surface area contributed by atoms with E-state index in [1.807, 2.05) is 13.8 Å². The predicted molar refractivity (Wildman–Crippen MR) is 59.4 cm³/mol. The van der Waals surface area contributed by atoms with Crippen LogP contribution in [-0.4, -0.2) is 48.0 Å². The Labute approximate surface area is 96.3 Å². The van der Waals surface area contributed by atoms with Crippen LogP contribution in [0.1, 0.15) is 27.2 Å². The Morgan fingerprint density at radius 3 is 2.25 bits per heavy atom. The van der Waals surface area contributed by atoms with E-state index in [4.69, 9.17) is 4.84 Å². The average Bonchev–Trinajstić information content (AvgIpc) is 2.28. The van der Waals surface area contributed by atoms with E-state index in [0.717, 1.165) is 6.42 Å². The number of hydrogen-bond acceptors (Lipinski definition) is 4. The summed E-state index contributed by atoms with van der Waals surface area (Å²) in [7, 11) is 0. The van der Waals surface area contributed by atoms with Crippen molar-refractivity contribution in [2.45, 2.75) is 27.2 Å². The van der Waals surface area contributed by atoms with Gasteiger partial charge in [-0.3, -0.25) is 9.59 Å². The Hall–Kier alpha value is -1.10. The molecule has 0 aromatic rings. The highest BCUT2D eigenvalue weighted by atomic mass is 16.7. The van der Waals surface area contributed by atoms with Gasteiger partial charge in [0.1, 0.15) is 0 Å². The molecule has 0 radical (unpaired) electrons. The number of rotatable bonds is 3. The molecule has 1 aliphatic heterocycles. The van der Waals surface area contributed by atoms with Gasteiger partial charge in [0, 0.05) is 20.0 Å². The highest BCUT2D eigenvalue weighted by Crippen LogP contribution is 2.08. The van der Waals surface area contributed by atoms with Gasteiger partial charge in [0.15, 0.2) is 0 Å². The van der Waals surface area contributed by atoms with Crippen LogP contribution in [0.3, 0.4) is 0 Å². The fourth-order valence-corrected chi connectivity index (χ4v) is 1.48. The standard InChI is InChI=1S/C11H20N2O3/c1-4-9(2)11(15)16-13-7-5-12(6-8-13)10(3)14/h9H,4-8H2,1-3H3. The van der Waals surface area contributed by atoms with Crippen LogP contribution in [0.4, 0.5) is 0 Å². The molecule has 1 heterocycles. The molecular weight excluding hydrogens is 208 g/mol. The topological polar surface area (TPSA) is 49.9 Å². The van der Waals surface area contributed by atoms with E-state index in [0.29, 0.717) is 26.2 Å². The van der Waals surface area contributed by atoms with Crippen molar-refractivity contribution < 1.29 is 14.4 Å². The first-order valence-electron chi connectivity index (χ1n) is 5.76. The molecule has 1 fully saturated rings. The molecule has 0 bridgehead atoms. The van der Waals surface area contributed by atoms with Gasteiger partial charge in [0.2, 0.25) is 5.91 Å². The van der Waals surface area contributed by atoms with Crippen LogP contribution in [0.15, 0.2) is 0 Å². The van der Waals surface area contributed by atoms with Gasteiger partial charge in [-0.15, -0.1) is 5.06 Å². The van der Waals surface area contributed by atoms with Crippen LogP contribution in [0, 0.1) is 5.92 Å². The first kappa shape index (κ1) is 13.0. The highest BCUT2D eigenvalue weighted by molar-refractivity contribution is 5.73. The van der Waals surface area contributed by atoms with Gasteiger partial charge in [-0.2, -0.15) is 0 Å². The van der Waals surface area contributed by atoms with Crippen molar-refractivity contribution in [3.63, 3.8) is 0 Å². The maximum atomic E-state index is 11.5. The zero-order valence-corrected chi connectivity index (χ0v) is 10.2. The fraction of sp³-hybridized carbons (Fsp3) is 0.818. The van der Waals surface area contributed by atoms with E-state index in [1.165, 1.54) is 0 Å². The minimum absolute atomic E-state index is 0.0640. The number of nitrogens with zero attached hydrogens (tertiary/aromatic N) is 2. The largest absolute Gasteiger partial charge is 0.368 e.